The summed E-state index contributed by atoms with van der Waals surface area (Å²) < 4.78 is 71.4. The van der Waals surface area contributed by atoms with E-state index in [1.54, 1.807) is 21.8 Å². The van der Waals surface area contributed by atoms with Gasteiger partial charge in [-0.1, -0.05) is 35.3 Å². The third-order valence-electron chi connectivity index (χ3n) is 13.5. The van der Waals surface area contributed by atoms with Crippen LogP contribution in [0.5, 0.6) is 0 Å². The maximum Gasteiger partial charge on any atom is 0.344 e. The summed E-state index contributed by atoms with van der Waals surface area (Å²) in [5.74, 6) is 0.438. The number of hydrogen-bond acceptors (Lipinski definition) is 13. The maximum absolute atomic E-state index is 13.7. The lowest BCUT2D eigenvalue weighted by atomic mass is 10.1. The summed E-state index contributed by atoms with van der Waals surface area (Å²) in [5.41, 5.74) is 4.27. The largest absolute Gasteiger partial charge is 0.370 e. The monoisotopic (exact) mass is 1000 g/mol. The number of rotatable bonds is 15. The number of carbonyl (C=O) groups is 1. The number of hydrogen-bond donors (Lipinski definition) is 2. The second-order valence-corrected chi connectivity index (χ2v) is 22.9. The van der Waals surface area contributed by atoms with Crippen LogP contribution in [0.4, 0.5) is 32.2 Å². The van der Waals surface area contributed by atoms with Gasteiger partial charge in [0, 0.05) is 135 Å². The topological polar surface area (TPSA) is 168 Å². The zero-order valence-corrected chi connectivity index (χ0v) is 40.9. The number of amides is 1. The van der Waals surface area contributed by atoms with Crippen molar-refractivity contribution in [2.45, 2.75) is 51.2 Å². The molecule has 0 radical (unpaired) electrons. The Morgan fingerprint density at radius 1 is 0.687 bits per heavy atom. The molecule has 1 saturated carbocycles. The standard InChI is InChI=1S/C44H60Cl2FN13O5S2/c1-66(62,63)50-42-8-12-59(48-42)32-54-16-14-52(15-17-54)29-34-3-5-38(46)41(27-34)57-24-22-56(23-25-57)39-28-35(39)31-67(64,65)51-43-9-13-60(49-43)44(61)58-20-18-53(19-21-58)30-33-2-4-37(45)40(26-33)55-10-6-36(47)7-11-55/h2-5,8-9,12-13,26-27,35-36,39H,6-7,10-11,14-25,28-32H2,1H3,(H,48,50)(H,49,51). The molecule has 18 nitrogen and oxygen atoms in total. The smallest absolute Gasteiger partial charge is 0.344 e. The first-order valence-electron chi connectivity index (χ1n) is 23.1. The van der Waals surface area contributed by atoms with Crippen LogP contribution in [0.2, 0.25) is 10.0 Å². The number of carbonyl (C=O) groups excluding carboxylic acids is 1. The van der Waals surface area contributed by atoms with Crippen molar-refractivity contribution in [2.75, 3.05) is 123 Å². The molecule has 9 rings (SSSR count). The molecule has 23 heteroatoms. The second-order valence-electron chi connectivity index (χ2n) is 18.5. The van der Waals surface area contributed by atoms with Gasteiger partial charge in [0.05, 0.1) is 40.1 Å². The predicted molar refractivity (Wildman–Crippen MR) is 260 cm³/mol. The van der Waals surface area contributed by atoms with Crippen LogP contribution >= 0.6 is 23.2 Å². The van der Waals surface area contributed by atoms with Crippen molar-refractivity contribution in [3.05, 3.63) is 82.1 Å². The van der Waals surface area contributed by atoms with E-state index >= 15 is 0 Å². The maximum atomic E-state index is 13.7. The number of piperidine rings is 1. The summed E-state index contributed by atoms with van der Waals surface area (Å²) in [4.78, 5) is 29.0. The van der Waals surface area contributed by atoms with Crippen molar-refractivity contribution >= 4 is 72.3 Å². The summed E-state index contributed by atoms with van der Waals surface area (Å²) in [6, 6.07) is 15.3. The summed E-state index contributed by atoms with van der Waals surface area (Å²) in [6.07, 6.45) is 5.46. The molecular weight excluding hydrogens is 945 g/mol. The van der Waals surface area contributed by atoms with Crippen LogP contribution in [0.25, 0.3) is 0 Å². The van der Waals surface area contributed by atoms with E-state index in [1.165, 1.54) is 22.5 Å². The van der Waals surface area contributed by atoms with Crippen LogP contribution in [-0.4, -0.2) is 183 Å². The summed E-state index contributed by atoms with van der Waals surface area (Å²) in [7, 11) is -7.08. The molecule has 1 amide bonds. The third kappa shape index (κ3) is 12.5. The van der Waals surface area contributed by atoms with Gasteiger partial charge in [-0.05, 0) is 60.6 Å². The van der Waals surface area contributed by atoms with Gasteiger partial charge in [0.15, 0.2) is 11.6 Å². The molecule has 5 aliphatic rings. The number of nitrogens with one attached hydrogen (secondary N) is 2. The molecule has 2 aromatic carbocycles. The fraction of sp³-hybridized carbons (Fsp3) is 0.568. The van der Waals surface area contributed by atoms with E-state index in [2.05, 4.69) is 67.2 Å². The molecule has 4 aromatic rings. The Hall–Kier alpha value is -4.22. The number of benzene rings is 2. The first-order chi connectivity index (χ1) is 32.1. The molecule has 4 saturated heterocycles. The Balaban J connectivity index is 0.686. The molecule has 364 valence electrons. The zero-order chi connectivity index (χ0) is 46.9. The first kappa shape index (κ1) is 47.8. The van der Waals surface area contributed by atoms with E-state index < -0.39 is 26.2 Å². The molecule has 4 aliphatic heterocycles. The first-order valence-corrected chi connectivity index (χ1v) is 27.4. The molecule has 2 unspecified atom stereocenters. The predicted octanol–water partition coefficient (Wildman–Crippen LogP) is 4.21. The van der Waals surface area contributed by atoms with Gasteiger partial charge in [-0.15, -0.1) is 5.10 Å². The lowest BCUT2D eigenvalue weighted by Crippen LogP contribution is -2.49. The van der Waals surface area contributed by atoms with Crippen molar-refractivity contribution < 1.29 is 26.0 Å². The Bertz CT molecular complexity index is 2590. The van der Waals surface area contributed by atoms with Gasteiger partial charge < -0.3 is 14.7 Å². The Morgan fingerprint density at radius 3 is 1.85 bits per heavy atom. The van der Waals surface area contributed by atoms with E-state index in [-0.39, 0.29) is 29.6 Å². The minimum atomic E-state index is -3.70. The van der Waals surface area contributed by atoms with Gasteiger partial charge in [0.2, 0.25) is 20.0 Å². The highest BCUT2D eigenvalue weighted by atomic mass is 35.5. The zero-order valence-electron chi connectivity index (χ0n) is 37.8. The lowest BCUT2D eigenvalue weighted by molar-refractivity contribution is 0.0989. The van der Waals surface area contributed by atoms with Gasteiger partial charge in [0.25, 0.3) is 0 Å². The van der Waals surface area contributed by atoms with E-state index in [0.29, 0.717) is 81.2 Å². The van der Waals surface area contributed by atoms with E-state index in [9.17, 15) is 26.0 Å². The number of piperazine rings is 3. The molecule has 1 aliphatic carbocycles. The fourth-order valence-corrected chi connectivity index (χ4v) is 12.1. The molecule has 0 spiro atoms. The molecule has 6 heterocycles. The van der Waals surface area contributed by atoms with Crippen molar-refractivity contribution in [1.29, 1.82) is 0 Å². The summed E-state index contributed by atoms with van der Waals surface area (Å²) in [5, 5.41) is 10.0. The quantitative estimate of drug-likeness (QED) is 0.174. The number of halogens is 3. The van der Waals surface area contributed by atoms with Gasteiger partial charge in [-0.25, -0.2) is 26.0 Å². The van der Waals surface area contributed by atoms with Crippen LogP contribution in [0.3, 0.4) is 0 Å². The van der Waals surface area contributed by atoms with Crippen molar-refractivity contribution in [3.63, 3.8) is 0 Å². The molecule has 67 heavy (non-hydrogen) atoms. The van der Waals surface area contributed by atoms with E-state index in [4.69, 9.17) is 23.2 Å². The number of anilines is 4. The average molecular weight is 1010 g/mol. The Kier molecular flexibility index (Phi) is 14.6. The highest BCUT2D eigenvalue weighted by Gasteiger charge is 2.45. The number of nitrogens with zero attached hydrogens (tertiary/aromatic N) is 11. The second kappa shape index (κ2) is 20.4. The number of alkyl halides is 1. The highest BCUT2D eigenvalue weighted by molar-refractivity contribution is 7.92. The van der Waals surface area contributed by atoms with Crippen LogP contribution in [0, 0.1) is 5.92 Å². The van der Waals surface area contributed by atoms with Gasteiger partial charge in [0.1, 0.15) is 6.17 Å². The van der Waals surface area contributed by atoms with Crippen LogP contribution in [0.1, 0.15) is 30.4 Å². The van der Waals surface area contributed by atoms with E-state index in [1.807, 2.05) is 18.2 Å². The molecule has 2 atom stereocenters. The molecule has 5 fully saturated rings. The van der Waals surface area contributed by atoms with Crippen LogP contribution in [-0.2, 0) is 39.8 Å². The molecule has 2 aromatic heterocycles. The van der Waals surface area contributed by atoms with Crippen molar-refractivity contribution in [1.82, 2.24) is 44.1 Å². The van der Waals surface area contributed by atoms with Crippen LogP contribution < -0.4 is 19.2 Å². The average Bonchev–Trinajstić information content (AvgIpc) is 3.65. The normalized spacial score (nSPS) is 22.1. The van der Waals surface area contributed by atoms with E-state index in [0.717, 1.165) is 88.5 Å². The minimum Gasteiger partial charge on any atom is -0.370 e. The molecular formula is C44H60Cl2FN13O5S2. The molecule has 0 bridgehead atoms. The van der Waals surface area contributed by atoms with Crippen molar-refractivity contribution in [3.8, 4) is 0 Å². The molecule has 2 N–H and O–H groups in total. The SMILES string of the molecule is CS(=O)(=O)Nc1ccn(CN2CCN(Cc3ccc(Cl)c(N4CCN(C5CC5CS(=O)(=O)Nc5ccn(C(=O)N6CCN(Cc7ccc(Cl)c(N8CCC(F)CC8)c7)CC6)n5)CC4)c3)CC2)n1. The summed E-state index contributed by atoms with van der Waals surface area (Å²) in [6.45, 7) is 12.5. The fourth-order valence-electron chi connectivity index (χ4n) is 9.74. The summed E-state index contributed by atoms with van der Waals surface area (Å²) >= 11 is 13.3. The van der Waals surface area contributed by atoms with Gasteiger partial charge >= 0.3 is 6.03 Å². The number of aromatic nitrogens is 4. The highest BCUT2D eigenvalue weighted by Crippen LogP contribution is 2.39. The Labute approximate surface area is 402 Å². The van der Waals surface area contributed by atoms with Crippen molar-refractivity contribution in [2.24, 2.45) is 5.92 Å². The Morgan fingerprint density at radius 2 is 1.24 bits per heavy atom. The lowest BCUT2D eigenvalue weighted by Gasteiger charge is -2.37. The number of sulfonamides is 2. The van der Waals surface area contributed by atoms with Gasteiger partial charge in [-0.2, -0.15) is 9.78 Å². The third-order valence-corrected chi connectivity index (χ3v) is 16.1. The van der Waals surface area contributed by atoms with Gasteiger partial charge in [-0.3, -0.25) is 33.7 Å². The van der Waals surface area contributed by atoms with Crippen LogP contribution in [0.15, 0.2) is 60.9 Å². The minimum absolute atomic E-state index is 0.0127.